The number of ether oxygens (including phenoxy) is 1. The van der Waals surface area contributed by atoms with E-state index in [2.05, 4.69) is 36.2 Å². The SMILES string of the molecule is C=CCN(CC(=O)O)C(=O)C[C@H](CCCC)NC(=O)OCC1c2ccccc2-c2ccccc21. The quantitative estimate of drug-likeness (QED) is 0.449. The number of unbranched alkanes of at least 4 members (excludes halogenated alkanes) is 1. The summed E-state index contributed by atoms with van der Waals surface area (Å²) < 4.78 is 5.62. The van der Waals surface area contributed by atoms with Gasteiger partial charge in [0.1, 0.15) is 13.2 Å². The lowest BCUT2D eigenvalue weighted by atomic mass is 9.98. The maximum absolute atomic E-state index is 12.7. The van der Waals surface area contributed by atoms with Crippen molar-refractivity contribution in [2.75, 3.05) is 19.7 Å². The first kappa shape index (κ1) is 25.0. The molecule has 2 amide bonds. The Balaban J connectivity index is 1.63. The molecule has 0 heterocycles. The van der Waals surface area contributed by atoms with Crippen LogP contribution in [-0.4, -0.2) is 53.7 Å². The zero-order valence-corrected chi connectivity index (χ0v) is 19.5. The number of alkyl carbamates (subject to hydrolysis) is 1. The van der Waals surface area contributed by atoms with Gasteiger partial charge in [0.2, 0.25) is 5.91 Å². The Kier molecular flexibility index (Phi) is 8.85. The normalized spacial score (nSPS) is 12.9. The van der Waals surface area contributed by atoms with Gasteiger partial charge in [-0.1, -0.05) is 74.4 Å². The van der Waals surface area contributed by atoms with E-state index >= 15 is 0 Å². The van der Waals surface area contributed by atoms with E-state index in [1.165, 1.54) is 11.0 Å². The predicted octanol–water partition coefficient (Wildman–Crippen LogP) is 4.57. The fraction of sp³-hybridized carbons (Fsp3) is 0.370. The lowest BCUT2D eigenvalue weighted by Gasteiger charge is -2.24. The topological polar surface area (TPSA) is 95.9 Å². The van der Waals surface area contributed by atoms with Gasteiger partial charge in [0.05, 0.1) is 0 Å². The lowest BCUT2D eigenvalue weighted by molar-refractivity contribution is -0.144. The fourth-order valence-electron chi connectivity index (χ4n) is 4.40. The molecule has 0 spiro atoms. The van der Waals surface area contributed by atoms with Gasteiger partial charge in [0.15, 0.2) is 0 Å². The highest BCUT2D eigenvalue weighted by Gasteiger charge is 2.29. The maximum atomic E-state index is 12.7. The molecule has 180 valence electrons. The second-order valence-corrected chi connectivity index (χ2v) is 8.47. The first-order valence-electron chi connectivity index (χ1n) is 11.7. The number of benzene rings is 2. The number of carboxylic acids is 1. The third-order valence-corrected chi connectivity index (χ3v) is 6.02. The molecule has 7 nitrogen and oxygen atoms in total. The van der Waals surface area contributed by atoms with Crippen LogP contribution in [0.4, 0.5) is 4.79 Å². The minimum Gasteiger partial charge on any atom is -0.480 e. The van der Waals surface area contributed by atoms with Crippen LogP contribution in [0.5, 0.6) is 0 Å². The molecule has 2 aromatic carbocycles. The number of fused-ring (bicyclic) bond motifs is 3. The Morgan fingerprint density at radius 3 is 2.29 bits per heavy atom. The number of carbonyl (C=O) groups is 3. The number of hydrogen-bond acceptors (Lipinski definition) is 4. The van der Waals surface area contributed by atoms with Crippen LogP contribution in [0.15, 0.2) is 61.2 Å². The van der Waals surface area contributed by atoms with Crippen LogP contribution in [0.3, 0.4) is 0 Å². The van der Waals surface area contributed by atoms with Crippen molar-refractivity contribution < 1.29 is 24.2 Å². The van der Waals surface area contributed by atoms with Gasteiger partial charge in [0, 0.05) is 24.9 Å². The Bertz CT molecular complexity index is 990. The summed E-state index contributed by atoms with van der Waals surface area (Å²) in [6, 6.07) is 15.8. The molecule has 0 fully saturated rings. The van der Waals surface area contributed by atoms with E-state index < -0.39 is 24.6 Å². The first-order chi connectivity index (χ1) is 16.4. The van der Waals surface area contributed by atoms with Crippen LogP contribution in [0.25, 0.3) is 11.1 Å². The Labute approximate surface area is 200 Å². The Morgan fingerprint density at radius 1 is 1.12 bits per heavy atom. The van der Waals surface area contributed by atoms with Crippen LogP contribution >= 0.6 is 0 Å². The summed E-state index contributed by atoms with van der Waals surface area (Å²) in [7, 11) is 0. The Hall–Kier alpha value is -3.61. The zero-order valence-electron chi connectivity index (χ0n) is 19.5. The average Bonchev–Trinajstić information content (AvgIpc) is 3.14. The van der Waals surface area contributed by atoms with Crippen molar-refractivity contribution in [1.29, 1.82) is 0 Å². The summed E-state index contributed by atoms with van der Waals surface area (Å²) in [5.41, 5.74) is 4.56. The molecule has 2 aromatic rings. The number of nitrogens with one attached hydrogen (secondary N) is 1. The Morgan fingerprint density at radius 2 is 1.74 bits per heavy atom. The van der Waals surface area contributed by atoms with Crippen molar-refractivity contribution in [1.82, 2.24) is 10.2 Å². The molecule has 0 saturated heterocycles. The number of carboxylic acid groups (broad SMARTS) is 1. The van der Waals surface area contributed by atoms with Gasteiger partial charge >= 0.3 is 12.1 Å². The lowest BCUT2D eigenvalue weighted by Crippen LogP contribution is -2.42. The van der Waals surface area contributed by atoms with Gasteiger partial charge in [-0.2, -0.15) is 0 Å². The molecule has 0 bridgehead atoms. The summed E-state index contributed by atoms with van der Waals surface area (Å²) >= 11 is 0. The standard InChI is InChI=1S/C27H32N2O5/c1-3-5-10-19(16-25(30)29(15-4-2)17-26(31)32)28-27(33)34-18-24-22-13-8-6-11-20(22)21-12-7-9-14-23(21)24/h4,6-9,11-14,19,24H,2-3,5,10,15-18H2,1H3,(H,28,33)(H,31,32)/t19-/m0/s1. The molecule has 34 heavy (non-hydrogen) atoms. The van der Waals surface area contributed by atoms with Gasteiger partial charge in [-0.25, -0.2) is 4.79 Å². The van der Waals surface area contributed by atoms with Gasteiger partial charge in [-0.3, -0.25) is 9.59 Å². The summed E-state index contributed by atoms with van der Waals surface area (Å²) in [5, 5.41) is 11.9. The number of aliphatic carboxylic acids is 1. The largest absolute Gasteiger partial charge is 0.480 e. The van der Waals surface area contributed by atoms with Gasteiger partial charge < -0.3 is 20.1 Å². The molecule has 0 saturated carbocycles. The molecule has 1 atom stereocenters. The van der Waals surface area contributed by atoms with Crippen molar-refractivity contribution in [2.45, 2.75) is 44.6 Å². The number of carbonyl (C=O) groups excluding carboxylic acids is 2. The van der Waals surface area contributed by atoms with E-state index in [9.17, 15) is 14.4 Å². The minimum absolute atomic E-state index is 0.00527. The van der Waals surface area contributed by atoms with Crippen molar-refractivity contribution in [3.8, 4) is 11.1 Å². The third kappa shape index (κ3) is 6.25. The summed E-state index contributed by atoms with van der Waals surface area (Å²) in [6.07, 6.45) is 3.24. The van der Waals surface area contributed by atoms with Crippen LogP contribution in [0.2, 0.25) is 0 Å². The second kappa shape index (κ2) is 12.0. The average molecular weight is 465 g/mol. The molecule has 3 rings (SSSR count). The van der Waals surface area contributed by atoms with E-state index in [0.29, 0.717) is 6.42 Å². The van der Waals surface area contributed by atoms with E-state index in [-0.39, 0.29) is 31.4 Å². The first-order valence-corrected chi connectivity index (χ1v) is 11.7. The number of hydrogen-bond donors (Lipinski definition) is 2. The minimum atomic E-state index is -1.09. The van der Waals surface area contributed by atoms with Crippen molar-refractivity contribution in [3.05, 3.63) is 72.3 Å². The highest BCUT2D eigenvalue weighted by molar-refractivity contribution is 5.82. The molecule has 0 aliphatic heterocycles. The monoisotopic (exact) mass is 464 g/mol. The van der Waals surface area contributed by atoms with Crippen LogP contribution < -0.4 is 5.32 Å². The summed E-state index contributed by atoms with van der Waals surface area (Å²) in [4.78, 5) is 37.7. The van der Waals surface area contributed by atoms with Crippen molar-refractivity contribution in [2.24, 2.45) is 0 Å². The van der Waals surface area contributed by atoms with Gasteiger partial charge in [-0.05, 0) is 28.7 Å². The van der Waals surface area contributed by atoms with E-state index in [1.54, 1.807) is 0 Å². The number of amides is 2. The summed E-state index contributed by atoms with van der Waals surface area (Å²) in [5.74, 6) is -1.49. The molecule has 1 aliphatic rings. The molecule has 0 unspecified atom stereocenters. The van der Waals surface area contributed by atoms with E-state index in [0.717, 1.165) is 35.1 Å². The molecular weight excluding hydrogens is 432 g/mol. The van der Waals surface area contributed by atoms with Gasteiger partial charge in [0.25, 0.3) is 0 Å². The van der Waals surface area contributed by atoms with Gasteiger partial charge in [-0.15, -0.1) is 6.58 Å². The predicted molar refractivity (Wildman–Crippen MR) is 131 cm³/mol. The molecule has 7 heteroatoms. The molecular formula is C27H32N2O5. The molecule has 2 N–H and O–H groups in total. The molecule has 0 radical (unpaired) electrons. The highest BCUT2D eigenvalue weighted by Crippen LogP contribution is 2.44. The zero-order chi connectivity index (χ0) is 24.5. The third-order valence-electron chi connectivity index (χ3n) is 6.02. The molecule has 0 aromatic heterocycles. The fourth-order valence-corrected chi connectivity index (χ4v) is 4.40. The maximum Gasteiger partial charge on any atom is 0.407 e. The van der Waals surface area contributed by atoms with Crippen LogP contribution in [0.1, 0.15) is 49.7 Å². The van der Waals surface area contributed by atoms with Crippen LogP contribution in [-0.2, 0) is 14.3 Å². The van der Waals surface area contributed by atoms with E-state index in [1.807, 2.05) is 31.2 Å². The van der Waals surface area contributed by atoms with Crippen LogP contribution in [0, 0.1) is 0 Å². The summed E-state index contributed by atoms with van der Waals surface area (Å²) in [6.45, 7) is 5.53. The highest BCUT2D eigenvalue weighted by atomic mass is 16.5. The number of rotatable bonds is 12. The van der Waals surface area contributed by atoms with E-state index in [4.69, 9.17) is 9.84 Å². The van der Waals surface area contributed by atoms with Crippen molar-refractivity contribution >= 4 is 18.0 Å². The second-order valence-electron chi connectivity index (χ2n) is 8.47. The molecule has 1 aliphatic carbocycles. The number of nitrogens with zero attached hydrogens (tertiary/aromatic N) is 1. The van der Waals surface area contributed by atoms with Crippen molar-refractivity contribution in [3.63, 3.8) is 0 Å². The smallest absolute Gasteiger partial charge is 0.407 e.